The number of aryl methyl sites for hydroxylation is 2. The van der Waals surface area contributed by atoms with Crippen LogP contribution in [-0.4, -0.2) is 37.5 Å². The number of nitrogens with zero attached hydrogens (tertiary/aromatic N) is 3. The number of amides is 1. The molecule has 6 heteroatoms. The van der Waals surface area contributed by atoms with Crippen LogP contribution in [0.4, 0.5) is 0 Å². The van der Waals surface area contributed by atoms with Gasteiger partial charge in [0.05, 0.1) is 6.04 Å². The van der Waals surface area contributed by atoms with E-state index < -0.39 is 0 Å². The van der Waals surface area contributed by atoms with Crippen LogP contribution in [0.15, 0.2) is 24.3 Å². The minimum atomic E-state index is -0.0411. The molecule has 118 valence electrons. The molecule has 0 bridgehead atoms. The summed E-state index contributed by atoms with van der Waals surface area (Å²) in [7, 11) is 0. The standard InChI is InChI=1S/C17H19N5O/c1-10-5-6-13-12(8-10)9-14(19-13)17(23)22-7-3-4-15(22)16-18-11(2)20-21-16/h5-6,8-9,15,19H,3-4,7H2,1-2H3,(H,18,20,21)/t15-/m1/s1. The molecule has 1 aliphatic heterocycles. The van der Waals surface area contributed by atoms with Crippen LogP contribution in [-0.2, 0) is 0 Å². The van der Waals surface area contributed by atoms with Gasteiger partial charge in [0.25, 0.3) is 5.91 Å². The number of aromatic nitrogens is 4. The maximum absolute atomic E-state index is 12.9. The fraction of sp³-hybridized carbons (Fsp3) is 0.353. The number of H-pyrrole nitrogens is 2. The molecule has 3 aromatic rings. The highest BCUT2D eigenvalue weighted by molar-refractivity contribution is 5.98. The van der Waals surface area contributed by atoms with Gasteiger partial charge >= 0.3 is 0 Å². The van der Waals surface area contributed by atoms with Crippen molar-refractivity contribution in [2.45, 2.75) is 32.7 Å². The Kier molecular flexibility index (Phi) is 3.18. The molecule has 0 radical (unpaired) electrons. The van der Waals surface area contributed by atoms with Gasteiger partial charge in [0.1, 0.15) is 11.5 Å². The predicted molar refractivity (Wildman–Crippen MR) is 87.2 cm³/mol. The Balaban J connectivity index is 1.66. The zero-order chi connectivity index (χ0) is 16.0. The van der Waals surface area contributed by atoms with Crippen molar-refractivity contribution in [1.82, 2.24) is 25.1 Å². The van der Waals surface area contributed by atoms with Gasteiger partial charge in [-0.1, -0.05) is 11.6 Å². The minimum absolute atomic E-state index is 0.0174. The van der Waals surface area contributed by atoms with E-state index in [1.54, 1.807) is 0 Å². The maximum Gasteiger partial charge on any atom is 0.270 e. The first-order valence-corrected chi connectivity index (χ1v) is 7.91. The molecular weight excluding hydrogens is 290 g/mol. The third-order valence-electron chi connectivity index (χ3n) is 4.43. The van der Waals surface area contributed by atoms with Crippen LogP contribution >= 0.6 is 0 Å². The van der Waals surface area contributed by atoms with Crippen molar-refractivity contribution >= 4 is 16.8 Å². The van der Waals surface area contributed by atoms with Crippen molar-refractivity contribution in [2.24, 2.45) is 0 Å². The van der Waals surface area contributed by atoms with Gasteiger partial charge in [-0.15, -0.1) is 0 Å². The Morgan fingerprint density at radius 3 is 2.96 bits per heavy atom. The van der Waals surface area contributed by atoms with E-state index in [1.807, 2.05) is 30.0 Å². The van der Waals surface area contributed by atoms with E-state index in [4.69, 9.17) is 0 Å². The average Bonchev–Trinajstić information content (AvgIpc) is 3.23. The summed E-state index contributed by atoms with van der Waals surface area (Å²) in [5.41, 5.74) is 2.80. The van der Waals surface area contributed by atoms with Crippen LogP contribution in [0, 0.1) is 13.8 Å². The smallest absolute Gasteiger partial charge is 0.270 e. The first-order valence-electron chi connectivity index (χ1n) is 7.91. The molecule has 1 atom stereocenters. The zero-order valence-corrected chi connectivity index (χ0v) is 13.3. The second kappa shape index (κ2) is 5.22. The summed E-state index contributed by atoms with van der Waals surface area (Å²) in [5.74, 6) is 1.50. The van der Waals surface area contributed by atoms with Gasteiger partial charge in [-0.3, -0.25) is 9.89 Å². The molecule has 23 heavy (non-hydrogen) atoms. The van der Waals surface area contributed by atoms with Crippen LogP contribution in [0.3, 0.4) is 0 Å². The van der Waals surface area contributed by atoms with Crippen LogP contribution in [0.5, 0.6) is 0 Å². The van der Waals surface area contributed by atoms with E-state index in [2.05, 4.69) is 33.2 Å². The van der Waals surface area contributed by atoms with Crippen molar-refractivity contribution in [3.8, 4) is 0 Å². The molecule has 0 aliphatic carbocycles. The Morgan fingerprint density at radius 2 is 2.17 bits per heavy atom. The predicted octanol–water partition coefficient (Wildman–Crippen LogP) is 2.88. The molecule has 1 amide bonds. The third kappa shape index (κ3) is 2.40. The maximum atomic E-state index is 12.9. The van der Waals surface area contributed by atoms with Gasteiger partial charge in [0.2, 0.25) is 0 Å². The second-order valence-electron chi connectivity index (χ2n) is 6.21. The van der Waals surface area contributed by atoms with Gasteiger partial charge in [-0.25, -0.2) is 4.98 Å². The molecule has 6 nitrogen and oxygen atoms in total. The molecule has 0 saturated carbocycles. The van der Waals surface area contributed by atoms with Crippen LogP contribution in [0.25, 0.3) is 10.9 Å². The number of nitrogens with one attached hydrogen (secondary N) is 2. The lowest BCUT2D eigenvalue weighted by Gasteiger charge is -2.21. The van der Waals surface area contributed by atoms with Gasteiger partial charge in [-0.05, 0) is 44.9 Å². The number of aromatic amines is 2. The number of carbonyl (C=O) groups excluding carboxylic acids is 1. The highest BCUT2D eigenvalue weighted by atomic mass is 16.2. The fourth-order valence-electron chi connectivity index (χ4n) is 3.31. The Morgan fingerprint density at radius 1 is 1.30 bits per heavy atom. The number of fused-ring (bicyclic) bond motifs is 1. The number of hydrogen-bond acceptors (Lipinski definition) is 3. The lowest BCUT2D eigenvalue weighted by Crippen LogP contribution is -2.31. The summed E-state index contributed by atoms with van der Waals surface area (Å²) in [6.07, 6.45) is 1.88. The summed E-state index contributed by atoms with van der Waals surface area (Å²) in [6.45, 7) is 4.67. The molecule has 1 aromatic carbocycles. The fourth-order valence-corrected chi connectivity index (χ4v) is 3.31. The topological polar surface area (TPSA) is 77.7 Å². The van der Waals surface area contributed by atoms with Crippen molar-refractivity contribution < 1.29 is 4.79 Å². The Bertz CT molecular complexity index is 878. The summed E-state index contributed by atoms with van der Waals surface area (Å²) in [6, 6.07) is 8.04. The number of rotatable bonds is 2. The van der Waals surface area contributed by atoms with Gasteiger partial charge in [0, 0.05) is 17.4 Å². The van der Waals surface area contributed by atoms with Crippen LogP contribution < -0.4 is 0 Å². The molecule has 2 N–H and O–H groups in total. The molecule has 1 saturated heterocycles. The van der Waals surface area contributed by atoms with Crippen molar-refractivity contribution in [2.75, 3.05) is 6.54 Å². The summed E-state index contributed by atoms with van der Waals surface area (Å²) in [5, 5.41) is 8.17. The molecule has 1 aliphatic rings. The van der Waals surface area contributed by atoms with E-state index in [9.17, 15) is 4.79 Å². The highest BCUT2D eigenvalue weighted by Gasteiger charge is 2.33. The van der Waals surface area contributed by atoms with Crippen molar-refractivity contribution in [1.29, 1.82) is 0 Å². The van der Waals surface area contributed by atoms with E-state index in [0.29, 0.717) is 11.5 Å². The van der Waals surface area contributed by atoms with Crippen LogP contribution in [0.1, 0.15) is 46.6 Å². The minimum Gasteiger partial charge on any atom is -0.351 e. The van der Waals surface area contributed by atoms with E-state index in [0.717, 1.165) is 36.1 Å². The largest absolute Gasteiger partial charge is 0.351 e. The van der Waals surface area contributed by atoms with Crippen LogP contribution in [0.2, 0.25) is 0 Å². The van der Waals surface area contributed by atoms with E-state index >= 15 is 0 Å². The molecule has 4 rings (SSSR count). The Hall–Kier alpha value is -2.63. The highest BCUT2D eigenvalue weighted by Crippen LogP contribution is 2.31. The zero-order valence-electron chi connectivity index (χ0n) is 13.3. The van der Waals surface area contributed by atoms with Crippen molar-refractivity contribution in [3.05, 3.63) is 47.2 Å². The first-order chi connectivity index (χ1) is 11.1. The average molecular weight is 309 g/mol. The van der Waals surface area contributed by atoms with Gasteiger partial charge in [0.15, 0.2) is 5.82 Å². The lowest BCUT2D eigenvalue weighted by molar-refractivity contribution is 0.0725. The van der Waals surface area contributed by atoms with Crippen molar-refractivity contribution in [3.63, 3.8) is 0 Å². The second-order valence-corrected chi connectivity index (χ2v) is 6.21. The SMILES string of the molecule is Cc1ccc2[nH]c(C(=O)N3CCC[C@@H]3c3n[nH]c(C)n3)cc2c1. The normalized spacial score (nSPS) is 18.0. The number of hydrogen-bond donors (Lipinski definition) is 2. The summed E-state index contributed by atoms with van der Waals surface area (Å²) in [4.78, 5) is 22.4. The number of carbonyl (C=O) groups is 1. The molecule has 0 spiro atoms. The van der Waals surface area contributed by atoms with E-state index in [-0.39, 0.29) is 11.9 Å². The van der Waals surface area contributed by atoms with Gasteiger partial charge < -0.3 is 9.88 Å². The molecular formula is C17H19N5O. The molecule has 0 unspecified atom stereocenters. The summed E-state index contributed by atoms with van der Waals surface area (Å²) >= 11 is 0. The monoisotopic (exact) mass is 309 g/mol. The summed E-state index contributed by atoms with van der Waals surface area (Å²) < 4.78 is 0. The van der Waals surface area contributed by atoms with Gasteiger partial charge in [-0.2, -0.15) is 5.10 Å². The molecule has 3 heterocycles. The Labute approximate surface area is 133 Å². The number of benzene rings is 1. The molecule has 1 fully saturated rings. The van der Waals surface area contributed by atoms with E-state index in [1.165, 1.54) is 5.56 Å². The first kappa shape index (κ1) is 14.0. The lowest BCUT2D eigenvalue weighted by atomic mass is 10.2. The number of likely N-dealkylation sites (tertiary alicyclic amines) is 1. The third-order valence-corrected chi connectivity index (χ3v) is 4.43. The quantitative estimate of drug-likeness (QED) is 0.764. The molecule has 2 aromatic heterocycles.